The molecule has 3 N–H and O–H groups in total. The fraction of sp³-hybridized carbons (Fsp3) is 0.308. The highest BCUT2D eigenvalue weighted by Crippen LogP contribution is 2.35. The van der Waals surface area contributed by atoms with Gasteiger partial charge in [0.15, 0.2) is 0 Å². The van der Waals surface area contributed by atoms with E-state index in [1.54, 1.807) is 6.07 Å². The van der Waals surface area contributed by atoms with Gasteiger partial charge in [-0.3, -0.25) is 4.79 Å². The van der Waals surface area contributed by atoms with Crippen LogP contribution in [0.15, 0.2) is 18.2 Å². The summed E-state index contributed by atoms with van der Waals surface area (Å²) in [5, 5.41) is 4.58. The first-order valence-electron chi connectivity index (χ1n) is 5.93. The number of amides is 1. The SMILES string of the molecule is Nc1c(C(=O)NC2CCC2)sc2cc(Cl)ccc12. The molecular formula is C13H13ClN2OS. The third-order valence-electron chi connectivity index (χ3n) is 3.34. The molecule has 0 atom stereocenters. The van der Waals surface area contributed by atoms with Crippen LogP contribution in [-0.2, 0) is 0 Å². The van der Waals surface area contributed by atoms with Crippen LogP contribution in [0.1, 0.15) is 28.9 Å². The number of benzene rings is 1. The standard InChI is InChI=1S/C13H13ClN2OS/c14-7-4-5-9-10(6-7)18-12(11(9)15)13(17)16-8-2-1-3-8/h4-6,8H,1-3,15H2,(H,16,17). The highest BCUT2D eigenvalue weighted by molar-refractivity contribution is 7.21. The lowest BCUT2D eigenvalue weighted by Crippen LogP contribution is -2.39. The predicted molar refractivity (Wildman–Crippen MR) is 76.4 cm³/mol. The smallest absolute Gasteiger partial charge is 0.263 e. The van der Waals surface area contributed by atoms with Gasteiger partial charge in [-0.2, -0.15) is 0 Å². The fourth-order valence-corrected chi connectivity index (χ4v) is 3.36. The van der Waals surface area contributed by atoms with Crippen molar-refractivity contribution in [3.63, 3.8) is 0 Å². The van der Waals surface area contributed by atoms with Crippen LogP contribution in [0.2, 0.25) is 5.02 Å². The number of carbonyl (C=O) groups excluding carboxylic acids is 1. The molecule has 1 fully saturated rings. The van der Waals surface area contributed by atoms with Gasteiger partial charge in [-0.1, -0.05) is 11.6 Å². The molecule has 1 aliphatic carbocycles. The second-order valence-corrected chi connectivity index (χ2v) is 6.08. The Morgan fingerprint density at radius 2 is 2.22 bits per heavy atom. The quantitative estimate of drug-likeness (QED) is 0.886. The lowest BCUT2D eigenvalue weighted by molar-refractivity contribution is 0.0922. The van der Waals surface area contributed by atoms with Crippen molar-refractivity contribution < 1.29 is 4.79 Å². The average Bonchev–Trinajstić information content (AvgIpc) is 2.60. The van der Waals surface area contributed by atoms with E-state index in [1.165, 1.54) is 17.8 Å². The first-order valence-corrected chi connectivity index (χ1v) is 7.13. The van der Waals surface area contributed by atoms with E-state index in [1.807, 2.05) is 12.1 Å². The maximum Gasteiger partial charge on any atom is 0.263 e. The molecule has 1 saturated carbocycles. The molecule has 18 heavy (non-hydrogen) atoms. The Morgan fingerprint density at radius 3 is 2.89 bits per heavy atom. The van der Waals surface area contributed by atoms with Gasteiger partial charge in [-0.25, -0.2) is 0 Å². The van der Waals surface area contributed by atoms with E-state index in [0.717, 1.165) is 22.9 Å². The zero-order chi connectivity index (χ0) is 12.7. The summed E-state index contributed by atoms with van der Waals surface area (Å²) in [6, 6.07) is 5.83. The van der Waals surface area contributed by atoms with Crippen molar-refractivity contribution in [1.82, 2.24) is 5.32 Å². The molecule has 1 aromatic heterocycles. The van der Waals surface area contributed by atoms with E-state index in [2.05, 4.69) is 5.32 Å². The van der Waals surface area contributed by atoms with Gasteiger partial charge in [0.2, 0.25) is 0 Å². The van der Waals surface area contributed by atoms with Gasteiger partial charge in [0, 0.05) is 21.2 Å². The second kappa shape index (κ2) is 4.44. The molecular weight excluding hydrogens is 268 g/mol. The van der Waals surface area contributed by atoms with E-state index < -0.39 is 0 Å². The van der Waals surface area contributed by atoms with Crippen molar-refractivity contribution in [2.45, 2.75) is 25.3 Å². The molecule has 0 aliphatic heterocycles. The topological polar surface area (TPSA) is 55.1 Å². The molecule has 5 heteroatoms. The minimum atomic E-state index is -0.0606. The summed E-state index contributed by atoms with van der Waals surface area (Å²) in [5.74, 6) is -0.0606. The largest absolute Gasteiger partial charge is 0.397 e. The maximum atomic E-state index is 12.1. The van der Waals surface area contributed by atoms with E-state index in [-0.39, 0.29) is 5.91 Å². The predicted octanol–water partition coefficient (Wildman–Crippen LogP) is 3.42. The van der Waals surface area contributed by atoms with Gasteiger partial charge in [0.1, 0.15) is 4.88 Å². The summed E-state index contributed by atoms with van der Waals surface area (Å²) in [4.78, 5) is 12.7. The van der Waals surface area contributed by atoms with E-state index in [0.29, 0.717) is 21.6 Å². The van der Waals surface area contributed by atoms with E-state index in [4.69, 9.17) is 17.3 Å². The van der Waals surface area contributed by atoms with Gasteiger partial charge in [-0.05, 0) is 37.5 Å². The van der Waals surface area contributed by atoms with Crippen LogP contribution in [0, 0.1) is 0 Å². The summed E-state index contributed by atoms with van der Waals surface area (Å²) in [6.45, 7) is 0. The summed E-state index contributed by atoms with van der Waals surface area (Å²) < 4.78 is 0.957. The third-order valence-corrected chi connectivity index (χ3v) is 4.74. The molecule has 0 saturated heterocycles. The number of anilines is 1. The zero-order valence-electron chi connectivity index (χ0n) is 9.70. The minimum absolute atomic E-state index is 0.0606. The average molecular weight is 281 g/mol. The van der Waals surface area contributed by atoms with Crippen molar-refractivity contribution in [3.8, 4) is 0 Å². The van der Waals surface area contributed by atoms with Crippen LogP contribution in [0.3, 0.4) is 0 Å². The highest BCUT2D eigenvalue weighted by Gasteiger charge is 2.23. The van der Waals surface area contributed by atoms with Crippen LogP contribution < -0.4 is 11.1 Å². The number of nitrogens with two attached hydrogens (primary N) is 1. The monoisotopic (exact) mass is 280 g/mol. The molecule has 0 radical (unpaired) electrons. The lowest BCUT2D eigenvalue weighted by Gasteiger charge is -2.26. The Hall–Kier alpha value is -1.26. The number of fused-ring (bicyclic) bond motifs is 1. The molecule has 94 valence electrons. The first kappa shape index (κ1) is 11.8. The summed E-state index contributed by atoms with van der Waals surface area (Å²) in [5.41, 5.74) is 6.59. The lowest BCUT2D eigenvalue weighted by atomic mass is 9.93. The molecule has 0 unspecified atom stereocenters. The number of hydrogen-bond acceptors (Lipinski definition) is 3. The number of nitrogens with one attached hydrogen (secondary N) is 1. The molecule has 1 amide bonds. The van der Waals surface area contributed by atoms with Crippen LogP contribution in [0.4, 0.5) is 5.69 Å². The molecule has 2 aromatic rings. The number of hydrogen-bond donors (Lipinski definition) is 2. The highest BCUT2D eigenvalue weighted by atomic mass is 35.5. The van der Waals surface area contributed by atoms with E-state index in [9.17, 15) is 4.79 Å². The minimum Gasteiger partial charge on any atom is -0.397 e. The van der Waals surface area contributed by atoms with Gasteiger partial charge < -0.3 is 11.1 Å². The Balaban J connectivity index is 1.95. The number of thiophene rings is 1. The molecule has 3 rings (SSSR count). The maximum absolute atomic E-state index is 12.1. The van der Waals surface area contributed by atoms with Crippen molar-refractivity contribution in [2.75, 3.05) is 5.73 Å². The van der Waals surface area contributed by atoms with Crippen molar-refractivity contribution in [2.24, 2.45) is 0 Å². The van der Waals surface area contributed by atoms with Crippen LogP contribution in [0.5, 0.6) is 0 Å². The molecule has 1 aliphatic rings. The van der Waals surface area contributed by atoms with Gasteiger partial charge >= 0.3 is 0 Å². The normalized spacial score (nSPS) is 15.6. The molecule has 1 heterocycles. The first-order chi connectivity index (χ1) is 8.65. The number of halogens is 1. The summed E-state index contributed by atoms with van der Waals surface area (Å²) >= 11 is 7.34. The molecule has 3 nitrogen and oxygen atoms in total. The molecule has 0 bridgehead atoms. The van der Waals surface area contributed by atoms with Crippen molar-refractivity contribution in [1.29, 1.82) is 0 Å². The summed E-state index contributed by atoms with van der Waals surface area (Å²) in [6.07, 6.45) is 3.34. The third kappa shape index (κ3) is 1.95. The van der Waals surface area contributed by atoms with Crippen molar-refractivity contribution in [3.05, 3.63) is 28.1 Å². The Bertz CT molecular complexity index is 619. The van der Waals surface area contributed by atoms with E-state index >= 15 is 0 Å². The Kier molecular flexibility index (Phi) is 2.92. The second-order valence-electron chi connectivity index (χ2n) is 4.59. The van der Waals surface area contributed by atoms with Crippen molar-refractivity contribution >= 4 is 44.6 Å². The van der Waals surface area contributed by atoms with Gasteiger partial charge in [0.25, 0.3) is 5.91 Å². The van der Waals surface area contributed by atoms with Gasteiger partial charge in [-0.15, -0.1) is 11.3 Å². The van der Waals surface area contributed by atoms with Crippen LogP contribution >= 0.6 is 22.9 Å². The molecule has 0 spiro atoms. The zero-order valence-corrected chi connectivity index (χ0v) is 11.3. The Morgan fingerprint density at radius 1 is 1.44 bits per heavy atom. The number of carbonyl (C=O) groups is 1. The number of nitrogen functional groups attached to an aromatic ring is 1. The summed E-state index contributed by atoms with van der Waals surface area (Å²) in [7, 11) is 0. The Labute approximate surface area is 114 Å². The fourth-order valence-electron chi connectivity index (χ4n) is 2.06. The molecule has 1 aromatic carbocycles. The van der Waals surface area contributed by atoms with Crippen LogP contribution in [-0.4, -0.2) is 11.9 Å². The van der Waals surface area contributed by atoms with Crippen LogP contribution in [0.25, 0.3) is 10.1 Å². The van der Waals surface area contributed by atoms with Gasteiger partial charge in [0.05, 0.1) is 5.69 Å². The number of rotatable bonds is 2.